The minimum absolute atomic E-state index is 0.0434. The minimum Gasteiger partial charge on any atom is -0.481 e. The predicted molar refractivity (Wildman–Crippen MR) is 75.7 cm³/mol. The Kier molecular flexibility index (Phi) is 4.18. The lowest BCUT2D eigenvalue weighted by molar-refractivity contribution is -0.384. The van der Waals surface area contributed by atoms with E-state index in [-0.39, 0.29) is 12.1 Å². The van der Waals surface area contributed by atoms with Crippen LogP contribution in [-0.2, 0) is 11.2 Å². The second kappa shape index (κ2) is 6.04. The molecule has 0 amide bonds. The van der Waals surface area contributed by atoms with Gasteiger partial charge in [0, 0.05) is 6.07 Å². The van der Waals surface area contributed by atoms with Crippen LogP contribution in [0.1, 0.15) is 11.1 Å². The van der Waals surface area contributed by atoms with Gasteiger partial charge in [0.25, 0.3) is 5.69 Å². The Hall–Kier alpha value is -2.89. The summed E-state index contributed by atoms with van der Waals surface area (Å²) in [7, 11) is 0. The fourth-order valence-corrected chi connectivity index (χ4v) is 1.79. The number of carboxylic acid groups (broad SMARTS) is 1. The number of benzene rings is 2. The molecule has 21 heavy (non-hydrogen) atoms. The Balaban J connectivity index is 2.19. The molecule has 0 atom stereocenters. The maximum absolute atomic E-state index is 10.8. The van der Waals surface area contributed by atoms with E-state index >= 15 is 0 Å². The van der Waals surface area contributed by atoms with Crippen LogP contribution in [0.3, 0.4) is 0 Å². The second-order valence-electron chi connectivity index (χ2n) is 4.52. The third-order valence-corrected chi connectivity index (χ3v) is 2.89. The molecule has 0 saturated heterocycles. The van der Waals surface area contributed by atoms with Gasteiger partial charge in [-0.15, -0.1) is 0 Å². The monoisotopic (exact) mass is 287 g/mol. The molecule has 1 N–H and O–H groups in total. The molecular formula is C15H13NO5. The summed E-state index contributed by atoms with van der Waals surface area (Å²) in [6, 6.07) is 11.0. The molecule has 2 aromatic rings. The molecule has 6 nitrogen and oxygen atoms in total. The maximum Gasteiger partial charge on any atom is 0.307 e. The number of aryl methyl sites for hydroxylation is 1. The van der Waals surface area contributed by atoms with E-state index in [0.717, 1.165) is 5.56 Å². The van der Waals surface area contributed by atoms with E-state index in [0.29, 0.717) is 17.1 Å². The lowest BCUT2D eigenvalue weighted by Crippen LogP contribution is -1.99. The lowest BCUT2D eigenvalue weighted by atomic mass is 10.1. The zero-order chi connectivity index (χ0) is 15.4. The Morgan fingerprint density at radius 3 is 2.48 bits per heavy atom. The van der Waals surface area contributed by atoms with Crippen molar-refractivity contribution in [1.82, 2.24) is 0 Å². The van der Waals surface area contributed by atoms with Gasteiger partial charge in [0.2, 0.25) is 0 Å². The van der Waals surface area contributed by atoms with Crippen LogP contribution in [0.2, 0.25) is 0 Å². The van der Waals surface area contributed by atoms with Gasteiger partial charge >= 0.3 is 5.97 Å². The molecule has 0 saturated carbocycles. The number of aliphatic carboxylic acids is 1. The number of nitrogens with zero attached hydrogens (tertiary/aromatic N) is 1. The van der Waals surface area contributed by atoms with Crippen LogP contribution in [0.5, 0.6) is 11.5 Å². The molecular weight excluding hydrogens is 274 g/mol. The Morgan fingerprint density at radius 2 is 1.90 bits per heavy atom. The van der Waals surface area contributed by atoms with Gasteiger partial charge < -0.3 is 9.84 Å². The van der Waals surface area contributed by atoms with E-state index in [1.807, 2.05) is 0 Å². The van der Waals surface area contributed by atoms with Crippen molar-refractivity contribution >= 4 is 11.7 Å². The zero-order valence-corrected chi connectivity index (χ0v) is 11.3. The number of rotatable bonds is 5. The summed E-state index contributed by atoms with van der Waals surface area (Å²) in [4.78, 5) is 20.9. The molecule has 0 heterocycles. The van der Waals surface area contributed by atoms with Crippen LogP contribution in [0.25, 0.3) is 0 Å². The average molecular weight is 287 g/mol. The topological polar surface area (TPSA) is 89.7 Å². The van der Waals surface area contributed by atoms with Crippen LogP contribution in [0.15, 0.2) is 42.5 Å². The molecule has 0 aromatic heterocycles. The number of hydrogen-bond acceptors (Lipinski definition) is 4. The van der Waals surface area contributed by atoms with Crippen molar-refractivity contribution in [2.45, 2.75) is 13.3 Å². The fraction of sp³-hybridized carbons (Fsp3) is 0.133. The van der Waals surface area contributed by atoms with Crippen LogP contribution < -0.4 is 4.74 Å². The molecule has 0 bridgehead atoms. The van der Waals surface area contributed by atoms with E-state index < -0.39 is 10.9 Å². The highest BCUT2D eigenvalue weighted by Crippen LogP contribution is 2.29. The maximum atomic E-state index is 10.8. The third kappa shape index (κ3) is 3.79. The Morgan fingerprint density at radius 1 is 1.24 bits per heavy atom. The molecule has 2 aromatic carbocycles. The predicted octanol–water partition coefficient (Wildman–Crippen LogP) is 3.32. The van der Waals surface area contributed by atoms with Gasteiger partial charge in [-0.05, 0) is 36.2 Å². The first-order valence-corrected chi connectivity index (χ1v) is 6.19. The first-order valence-electron chi connectivity index (χ1n) is 6.19. The van der Waals surface area contributed by atoms with Crippen LogP contribution in [0, 0.1) is 17.0 Å². The molecule has 2 rings (SSSR count). The van der Waals surface area contributed by atoms with Crippen molar-refractivity contribution in [1.29, 1.82) is 0 Å². The van der Waals surface area contributed by atoms with Gasteiger partial charge in [-0.1, -0.05) is 12.1 Å². The minimum atomic E-state index is -0.904. The van der Waals surface area contributed by atoms with E-state index in [1.54, 1.807) is 37.3 Å². The summed E-state index contributed by atoms with van der Waals surface area (Å²) < 4.78 is 5.61. The standard InChI is InChI=1S/C15H13NO5/c1-10-2-5-12(16(19)20)9-14(10)21-13-6-3-11(4-7-13)8-15(17)18/h2-7,9H,8H2,1H3,(H,17,18). The van der Waals surface area contributed by atoms with Gasteiger partial charge in [0.05, 0.1) is 17.4 Å². The quantitative estimate of drug-likeness (QED) is 0.673. The fourth-order valence-electron chi connectivity index (χ4n) is 1.79. The smallest absolute Gasteiger partial charge is 0.307 e. The summed E-state index contributed by atoms with van der Waals surface area (Å²) in [5, 5.41) is 19.5. The van der Waals surface area contributed by atoms with E-state index in [2.05, 4.69) is 0 Å². The van der Waals surface area contributed by atoms with Gasteiger partial charge in [0.1, 0.15) is 11.5 Å². The SMILES string of the molecule is Cc1ccc([N+](=O)[O-])cc1Oc1ccc(CC(=O)O)cc1. The van der Waals surface area contributed by atoms with Crippen molar-refractivity contribution in [2.75, 3.05) is 0 Å². The molecule has 6 heteroatoms. The molecule has 108 valence electrons. The third-order valence-electron chi connectivity index (χ3n) is 2.89. The molecule has 0 fully saturated rings. The van der Waals surface area contributed by atoms with Gasteiger partial charge in [-0.3, -0.25) is 14.9 Å². The molecule has 0 aliphatic heterocycles. The first-order chi connectivity index (χ1) is 9.95. The zero-order valence-electron chi connectivity index (χ0n) is 11.3. The number of carboxylic acids is 1. The number of hydrogen-bond donors (Lipinski definition) is 1. The number of non-ortho nitro benzene ring substituents is 1. The Bertz CT molecular complexity index is 679. The van der Waals surface area contributed by atoms with E-state index in [1.165, 1.54) is 12.1 Å². The van der Waals surface area contributed by atoms with Crippen molar-refractivity contribution in [3.8, 4) is 11.5 Å². The van der Waals surface area contributed by atoms with Crippen molar-refractivity contribution in [2.24, 2.45) is 0 Å². The summed E-state index contributed by atoms with van der Waals surface area (Å²) >= 11 is 0. The van der Waals surface area contributed by atoms with E-state index in [4.69, 9.17) is 9.84 Å². The largest absolute Gasteiger partial charge is 0.481 e. The van der Waals surface area contributed by atoms with Crippen molar-refractivity contribution < 1.29 is 19.6 Å². The highest BCUT2D eigenvalue weighted by Gasteiger charge is 2.10. The second-order valence-corrected chi connectivity index (χ2v) is 4.52. The molecule has 0 spiro atoms. The van der Waals surface area contributed by atoms with E-state index in [9.17, 15) is 14.9 Å². The highest BCUT2D eigenvalue weighted by molar-refractivity contribution is 5.70. The molecule has 0 aliphatic rings. The molecule has 0 unspecified atom stereocenters. The highest BCUT2D eigenvalue weighted by atomic mass is 16.6. The van der Waals surface area contributed by atoms with Crippen LogP contribution in [-0.4, -0.2) is 16.0 Å². The van der Waals surface area contributed by atoms with Gasteiger partial charge in [-0.25, -0.2) is 0 Å². The summed E-state index contributed by atoms with van der Waals surface area (Å²) in [5.74, 6) is -0.0129. The molecule has 0 aliphatic carbocycles. The van der Waals surface area contributed by atoms with Crippen LogP contribution >= 0.6 is 0 Å². The molecule has 0 radical (unpaired) electrons. The first kappa shape index (κ1) is 14.5. The van der Waals surface area contributed by atoms with Crippen molar-refractivity contribution in [3.63, 3.8) is 0 Å². The number of nitro groups is 1. The summed E-state index contributed by atoms with van der Waals surface area (Å²) in [6.45, 7) is 1.79. The number of ether oxygens (including phenoxy) is 1. The number of nitro benzene ring substituents is 1. The number of carbonyl (C=O) groups is 1. The van der Waals surface area contributed by atoms with Gasteiger partial charge in [-0.2, -0.15) is 0 Å². The van der Waals surface area contributed by atoms with Crippen LogP contribution in [0.4, 0.5) is 5.69 Å². The van der Waals surface area contributed by atoms with Gasteiger partial charge in [0.15, 0.2) is 0 Å². The van der Waals surface area contributed by atoms with Crippen molar-refractivity contribution in [3.05, 3.63) is 63.7 Å². The average Bonchev–Trinajstić information content (AvgIpc) is 2.42. The normalized spacial score (nSPS) is 10.1. The summed E-state index contributed by atoms with van der Waals surface area (Å²) in [5.41, 5.74) is 1.39. The lowest BCUT2D eigenvalue weighted by Gasteiger charge is -2.09. The summed E-state index contributed by atoms with van der Waals surface area (Å²) in [6.07, 6.45) is -0.0594. The Labute approximate surface area is 120 Å².